The van der Waals surface area contributed by atoms with Crippen LogP contribution in [0.1, 0.15) is 0 Å². The van der Waals surface area contributed by atoms with Gasteiger partial charge >= 0.3 is 40.8 Å². The molecule has 0 spiro atoms. The molecule has 2 aliphatic heterocycles. The third kappa shape index (κ3) is 11.7. The summed E-state index contributed by atoms with van der Waals surface area (Å²) in [5.74, 6) is 5.83. The van der Waals surface area contributed by atoms with Crippen molar-refractivity contribution in [3.63, 3.8) is 0 Å². The summed E-state index contributed by atoms with van der Waals surface area (Å²) in [5.41, 5.74) is 9.65. The first-order chi connectivity index (χ1) is 55.4. The molecule has 0 amide bonds. The second-order valence-corrected chi connectivity index (χ2v) is 37.6. The van der Waals surface area contributed by atoms with Gasteiger partial charge in [0.15, 0.2) is 16.1 Å². The Morgan fingerprint density at radius 2 is 0.728 bits per heavy atom. The smallest absolute Gasteiger partial charge is 0.503 e. The molecule has 0 radical (unpaired) electrons. The Kier molecular flexibility index (Phi) is 18.7. The van der Waals surface area contributed by atoms with Crippen LogP contribution in [0.15, 0.2) is 352 Å². The van der Waals surface area contributed by atoms with Crippen molar-refractivity contribution >= 4 is 177 Å². The van der Waals surface area contributed by atoms with Crippen LogP contribution < -0.4 is 60.8 Å². The maximum Gasteiger partial charge on any atom is 2.00 e. The number of anilines is 6. The van der Waals surface area contributed by atoms with Gasteiger partial charge in [-0.05, 0) is 108 Å². The number of hydrogen-bond donors (Lipinski definition) is 0. The molecule has 2 aliphatic rings. The summed E-state index contributed by atoms with van der Waals surface area (Å²) in [4.78, 5) is 24.8. The minimum Gasteiger partial charge on any atom is -0.503 e. The quantitative estimate of drug-likeness (QED) is 0.0883. The number of aryl methyl sites for hydroxylation is 2. The Balaban J connectivity index is 0.000000150. The summed E-state index contributed by atoms with van der Waals surface area (Å²) in [6, 6.07) is 135. The first-order valence-electron chi connectivity index (χ1n) is 37.3. The van der Waals surface area contributed by atoms with Crippen molar-refractivity contribution in [3.8, 4) is 45.8 Å². The molecule has 0 atom stereocenters. The van der Waals surface area contributed by atoms with Gasteiger partial charge in [-0.15, -0.1) is 107 Å². The van der Waals surface area contributed by atoms with Gasteiger partial charge < -0.3 is 28.4 Å². The standard InChI is InChI=1S/2C49H32N4OSSi.2Pd/c1-52-42-25-10-9-24-41(42)51-48(52)33-15-12-17-35(31-33)54-36-18-13-16-34(32-36)53-43-29-28-40-39-23-8-11-26-44(39)55-46(40)47(43)56(37-19-4-2-5-20-37,38-21-6-3-7-22-38)45-27-14-30-50-49(45)53;1-52-41-25-10-9-24-40(41)51-48(52)33-15-12-17-35(31-33)54-36-18-13-16-34(32-36)53-42-28-29-44-46(39-23-8-11-26-43(39)55-44)47(42)56(37-19-4-2-5-20-37,38-21-6-3-7-22-38)45-27-14-30-50-49(45)53;;/h2*2-30H,1H3;;/q2*-2;2*+2. The first kappa shape index (κ1) is 72.0. The van der Waals surface area contributed by atoms with Crippen molar-refractivity contribution in [2.24, 2.45) is 14.1 Å². The zero-order valence-electron chi connectivity index (χ0n) is 61.3. The van der Waals surface area contributed by atoms with E-state index >= 15 is 0 Å². The Hall–Kier alpha value is -12.3. The number of nitrogens with zero attached hydrogens (tertiary/aromatic N) is 8. The Bertz CT molecular complexity index is 6980. The molecular formula is C98H64N8O2Pd2S2Si2. The molecule has 0 aliphatic carbocycles. The van der Waals surface area contributed by atoms with Crippen LogP contribution in [0.4, 0.5) is 34.4 Å². The van der Waals surface area contributed by atoms with E-state index in [9.17, 15) is 0 Å². The molecule has 0 unspecified atom stereocenters. The monoisotopic (exact) mass is 1720 g/mol. The minimum absolute atomic E-state index is 0. The topological polar surface area (TPSA) is 86.4 Å². The van der Waals surface area contributed by atoms with E-state index in [0.717, 1.165) is 79.2 Å². The molecule has 114 heavy (non-hydrogen) atoms. The van der Waals surface area contributed by atoms with Crippen molar-refractivity contribution in [2.75, 3.05) is 9.80 Å². The van der Waals surface area contributed by atoms with Gasteiger partial charge in [-0.1, -0.05) is 224 Å². The Morgan fingerprint density at radius 3 is 1.22 bits per heavy atom. The number of para-hydroxylation sites is 4. The van der Waals surface area contributed by atoms with Crippen LogP contribution >= 0.6 is 22.7 Å². The number of hydrogen-bond acceptors (Lipinski definition) is 10. The first-order valence-corrected chi connectivity index (χ1v) is 42.9. The van der Waals surface area contributed by atoms with Gasteiger partial charge in [0.25, 0.3) is 0 Å². The zero-order valence-corrected chi connectivity index (χ0v) is 68.1. The number of fused-ring (bicyclic) bond motifs is 14. The molecule has 0 fully saturated rings. The number of benzene rings is 14. The average molecular weight is 1720 g/mol. The van der Waals surface area contributed by atoms with E-state index in [0.29, 0.717) is 23.0 Å². The maximum absolute atomic E-state index is 6.57. The molecule has 22 rings (SSSR count). The van der Waals surface area contributed by atoms with Gasteiger partial charge in [0.05, 0.1) is 33.7 Å². The summed E-state index contributed by atoms with van der Waals surface area (Å²) in [5, 5.41) is 15.6. The fourth-order valence-electron chi connectivity index (χ4n) is 17.2. The van der Waals surface area contributed by atoms with Gasteiger partial charge in [0, 0.05) is 101 Å². The fourth-order valence-corrected chi connectivity index (χ4v) is 30.6. The number of pyridine rings is 2. The molecule has 14 aromatic carbocycles. The maximum atomic E-state index is 6.57. The summed E-state index contributed by atoms with van der Waals surface area (Å²) < 4.78 is 22.5. The Labute approximate surface area is 696 Å². The molecule has 548 valence electrons. The van der Waals surface area contributed by atoms with Gasteiger partial charge in [-0.3, -0.25) is 9.97 Å². The number of imidazole rings is 2. The van der Waals surface area contributed by atoms with E-state index in [-0.39, 0.29) is 40.8 Å². The number of ether oxygens (including phenoxy) is 2. The van der Waals surface area contributed by atoms with E-state index in [1.807, 2.05) is 146 Å². The predicted octanol–water partition coefficient (Wildman–Crippen LogP) is 19.1. The van der Waals surface area contributed by atoms with E-state index in [2.05, 4.69) is 286 Å². The fraction of sp³-hybridized carbons (Fsp3) is 0.0204. The van der Waals surface area contributed by atoms with Crippen molar-refractivity contribution < 1.29 is 50.3 Å². The second kappa shape index (κ2) is 29.7. The van der Waals surface area contributed by atoms with Gasteiger partial charge in [-0.25, -0.2) is 9.97 Å². The second-order valence-electron chi connectivity index (χ2n) is 28.1. The Morgan fingerprint density at radius 1 is 0.325 bits per heavy atom. The van der Waals surface area contributed by atoms with Crippen molar-refractivity contribution in [1.82, 2.24) is 29.1 Å². The molecule has 10 nitrogen and oxygen atoms in total. The molecule has 20 aromatic rings. The van der Waals surface area contributed by atoms with Gasteiger partial charge in [0.2, 0.25) is 0 Å². The number of thiophene rings is 2. The van der Waals surface area contributed by atoms with Crippen LogP contribution in [-0.4, -0.2) is 45.2 Å². The third-order valence-electron chi connectivity index (χ3n) is 21.9. The van der Waals surface area contributed by atoms with Crippen LogP contribution in [0.2, 0.25) is 0 Å². The van der Waals surface area contributed by atoms with Crippen molar-refractivity contribution in [2.45, 2.75) is 0 Å². The summed E-state index contributed by atoms with van der Waals surface area (Å²) in [6.07, 6.45) is 3.82. The molecule has 0 saturated carbocycles. The molecule has 6 aromatic heterocycles. The van der Waals surface area contributed by atoms with Crippen LogP contribution in [0.5, 0.6) is 23.0 Å². The van der Waals surface area contributed by atoms with Crippen LogP contribution in [-0.2, 0) is 54.9 Å². The van der Waals surface area contributed by atoms with Crippen LogP contribution in [0, 0.1) is 24.3 Å². The van der Waals surface area contributed by atoms with Crippen molar-refractivity contribution in [3.05, 3.63) is 376 Å². The largest absolute Gasteiger partial charge is 2.00 e. The molecule has 0 bridgehead atoms. The normalized spacial score (nSPS) is 13.0. The summed E-state index contributed by atoms with van der Waals surface area (Å²) in [6.45, 7) is 0. The SMILES string of the molecule is Cn1c(-c2[c-]c(Oc3[c-]c(N4c5ccc6c(sc7ccccc76)c5[Si](c5ccccc5)(c5ccccc5)c5cccnc54)ccc3)ccc2)nc2ccccc21.Cn1c(-c2[c-]c(Oc3[c-]c(N4c5ccc6sc7ccccc7c6c5[Si](c5ccccc5)(c5ccccc5)c5cccnc54)ccc3)ccc2)nc2ccccc21.[Pd+2].[Pd+2]. The van der Waals surface area contributed by atoms with E-state index < -0.39 is 16.1 Å². The molecule has 8 heterocycles. The molecule has 16 heteroatoms. The van der Waals surface area contributed by atoms with Gasteiger partial charge in [0.1, 0.15) is 11.6 Å². The average Bonchev–Trinajstić information content (AvgIpc) is 1.31. The predicted molar refractivity (Wildman–Crippen MR) is 466 cm³/mol. The summed E-state index contributed by atoms with van der Waals surface area (Å²) in [7, 11) is -1.88. The third-order valence-corrected chi connectivity index (χ3v) is 34.2. The van der Waals surface area contributed by atoms with Gasteiger partial charge in [-0.2, -0.15) is 12.1 Å². The molecule has 0 saturated heterocycles. The van der Waals surface area contributed by atoms with Crippen molar-refractivity contribution in [1.29, 1.82) is 0 Å². The number of aromatic nitrogens is 6. The minimum atomic E-state index is -2.98. The zero-order chi connectivity index (χ0) is 74.4. The molecular weight excluding hydrogens is 1650 g/mol. The van der Waals surface area contributed by atoms with E-state index in [1.54, 1.807) is 0 Å². The summed E-state index contributed by atoms with van der Waals surface area (Å²) >= 11 is 3.75. The van der Waals surface area contributed by atoms with Crippen LogP contribution in [0.3, 0.4) is 0 Å². The molecule has 0 N–H and O–H groups in total. The number of rotatable bonds is 12. The van der Waals surface area contributed by atoms with E-state index in [1.165, 1.54) is 81.8 Å². The van der Waals surface area contributed by atoms with Crippen LogP contribution in [0.25, 0.3) is 85.2 Å². The van der Waals surface area contributed by atoms with E-state index in [4.69, 9.17) is 29.4 Å².